The van der Waals surface area contributed by atoms with Gasteiger partial charge in [-0.1, -0.05) is 17.3 Å². The number of carbonyl (C=O) groups is 1. The molecule has 3 aromatic rings. The van der Waals surface area contributed by atoms with Crippen molar-refractivity contribution >= 4 is 33.2 Å². The number of hydrogen-bond donors (Lipinski definition) is 1. The maximum atomic E-state index is 12.9. The molecule has 1 aromatic heterocycles. The van der Waals surface area contributed by atoms with Crippen LogP contribution in [0.5, 0.6) is 5.75 Å². The maximum Gasteiger partial charge on any atom is 0.501 e. The Morgan fingerprint density at radius 2 is 1.91 bits per heavy atom. The predicted octanol–water partition coefficient (Wildman–Crippen LogP) is 4.83. The quantitative estimate of drug-likeness (QED) is 0.478. The van der Waals surface area contributed by atoms with E-state index in [9.17, 15) is 26.4 Å². The second-order valence-electron chi connectivity index (χ2n) is 6.48. The SMILES string of the molecule is COc1ccc(S(=O)(=O)C(F)(F)F)cc1NC(=O)c1ccccc1SCc1cc(C)no1. The van der Waals surface area contributed by atoms with E-state index in [0.29, 0.717) is 28.2 Å². The minimum Gasteiger partial charge on any atom is -0.495 e. The number of benzene rings is 2. The lowest BCUT2D eigenvalue weighted by Gasteiger charge is -2.14. The fraction of sp³-hybridized carbons (Fsp3) is 0.200. The van der Waals surface area contributed by atoms with Gasteiger partial charge < -0.3 is 14.6 Å². The molecule has 0 aliphatic heterocycles. The van der Waals surface area contributed by atoms with Crippen molar-refractivity contribution in [2.45, 2.75) is 28.0 Å². The van der Waals surface area contributed by atoms with Crippen molar-refractivity contribution in [3.05, 3.63) is 65.5 Å². The van der Waals surface area contributed by atoms with Gasteiger partial charge in [0.1, 0.15) is 11.5 Å². The third-order valence-electron chi connectivity index (χ3n) is 4.21. The summed E-state index contributed by atoms with van der Waals surface area (Å²) < 4.78 is 72.4. The number of carbonyl (C=O) groups excluding carboxylic acids is 1. The largest absolute Gasteiger partial charge is 0.501 e. The van der Waals surface area contributed by atoms with Crippen molar-refractivity contribution in [2.24, 2.45) is 0 Å². The average molecular weight is 486 g/mol. The first kappa shape index (κ1) is 23.7. The second-order valence-corrected chi connectivity index (χ2v) is 9.44. The van der Waals surface area contributed by atoms with Crippen molar-refractivity contribution in [1.29, 1.82) is 0 Å². The molecule has 1 N–H and O–H groups in total. The third kappa shape index (κ3) is 5.07. The molecule has 32 heavy (non-hydrogen) atoms. The standard InChI is InChI=1S/C20H17F3N2O5S2/c1-12-9-13(30-25-12)11-31-18-6-4-3-5-15(18)19(26)24-16-10-14(7-8-17(16)29-2)32(27,28)20(21,22)23/h3-10H,11H2,1-2H3,(H,24,26). The number of nitrogens with zero attached hydrogens (tertiary/aromatic N) is 1. The Balaban J connectivity index is 1.88. The molecule has 0 aliphatic carbocycles. The van der Waals surface area contributed by atoms with Crippen LogP contribution in [0.15, 0.2) is 62.8 Å². The molecule has 0 aliphatic rings. The highest BCUT2D eigenvalue weighted by Gasteiger charge is 2.47. The summed E-state index contributed by atoms with van der Waals surface area (Å²) >= 11 is 1.30. The van der Waals surface area contributed by atoms with Crippen LogP contribution >= 0.6 is 11.8 Å². The summed E-state index contributed by atoms with van der Waals surface area (Å²) in [7, 11) is -4.35. The van der Waals surface area contributed by atoms with Crippen LogP contribution in [0, 0.1) is 6.92 Å². The number of halogens is 3. The molecule has 0 fully saturated rings. The van der Waals surface area contributed by atoms with Crippen molar-refractivity contribution in [1.82, 2.24) is 5.16 Å². The molecule has 0 bridgehead atoms. The van der Waals surface area contributed by atoms with Crippen LogP contribution in [0.4, 0.5) is 18.9 Å². The first-order chi connectivity index (χ1) is 15.0. The molecule has 3 rings (SSSR count). The Bertz CT molecular complexity index is 1240. The van der Waals surface area contributed by atoms with Crippen LogP contribution in [0.25, 0.3) is 0 Å². The van der Waals surface area contributed by atoms with Crippen LogP contribution in [-0.2, 0) is 15.6 Å². The lowest BCUT2D eigenvalue weighted by atomic mass is 10.2. The van der Waals surface area contributed by atoms with Gasteiger partial charge in [0.05, 0.1) is 34.7 Å². The summed E-state index contributed by atoms with van der Waals surface area (Å²) in [4.78, 5) is 12.5. The summed E-state index contributed by atoms with van der Waals surface area (Å²) in [5.74, 6) is 0.353. The molecule has 12 heteroatoms. The fourth-order valence-corrected chi connectivity index (χ4v) is 4.40. The molecule has 0 spiro atoms. The number of thioether (sulfide) groups is 1. The number of rotatable bonds is 7. The molecule has 0 atom stereocenters. The predicted molar refractivity (Wildman–Crippen MR) is 111 cm³/mol. The van der Waals surface area contributed by atoms with Crippen molar-refractivity contribution in [2.75, 3.05) is 12.4 Å². The number of methoxy groups -OCH3 is 1. The van der Waals surface area contributed by atoms with E-state index >= 15 is 0 Å². The molecule has 7 nitrogen and oxygen atoms in total. The molecule has 170 valence electrons. The lowest BCUT2D eigenvalue weighted by molar-refractivity contribution is -0.0436. The molecular weight excluding hydrogens is 469 g/mol. The van der Waals surface area contributed by atoms with Gasteiger partial charge in [-0.25, -0.2) is 8.42 Å². The minimum atomic E-state index is -5.60. The normalized spacial score (nSPS) is 11.9. The zero-order chi connectivity index (χ0) is 23.5. The van der Waals surface area contributed by atoms with Crippen LogP contribution in [0.1, 0.15) is 21.8 Å². The van der Waals surface area contributed by atoms with Crippen LogP contribution < -0.4 is 10.1 Å². The number of aryl methyl sites for hydroxylation is 1. The number of aromatic nitrogens is 1. The van der Waals surface area contributed by atoms with Crippen LogP contribution in [-0.4, -0.2) is 32.1 Å². The number of ether oxygens (including phenoxy) is 1. The van der Waals surface area contributed by atoms with Crippen molar-refractivity contribution in [3.63, 3.8) is 0 Å². The van der Waals surface area contributed by atoms with Gasteiger partial charge >= 0.3 is 5.51 Å². The highest BCUT2D eigenvalue weighted by Crippen LogP contribution is 2.35. The zero-order valence-electron chi connectivity index (χ0n) is 16.8. The second kappa shape index (κ2) is 9.25. The molecule has 0 radical (unpaired) electrons. The summed E-state index contributed by atoms with van der Waals surface area (Å²) in [5.41, 5.74) is -4.74. The zero-order valence-corrected chi connectivity index (χ0v) is 18.4. The Labute approximate surface area is 185 Å². The fourth-order valence-electron chi connectivity index (χ4n) is 2.69. The Hall–Kier alpha value is -2.99. The number of nitrogens with one attached hydrogen (secondary N) is 1. The smallest absolute Gasteiger partial charge is 0.495 e. The first-order valence-electron chi connectivity index (χ1n) is 8.97. The van der Waals surface area contributed by atoms with E-state index in [1.807, 2.05) is 0 Å². The van der Waals surface area contributed by atoms with E-state index in [4.69, 9.17) is 9.26 Å². The Morgan fingerprint density at radius 3 is 2.53 bits per heavy atom. The van der Waals surface area contributed by atoms with E-state index in [0.717, 1.165) is 12.1 Å². The van der Waals surface area contributed by atoms with E-state index < -0.39 is 26.1 Å². The number of alkyl halides is 3. The van der Waals surface area contributed by atoms with Gasteiger partial charge in [-0.2, -0.15) is 13.2 Å². The van der Waals surface area contributed by atoms with Gasteiger partial charge in [0, 0.05) is 11.0 Å². The maximum absolute atomic E-state index is 12.9. The average Bonchev–Trinajstić information content (AvgIpc) is 3.16. The Kier molecular flexibility index (Phi) is 6.84. The molecule has 0 saturated heterocycles. The Morgan fingerprint density at radius 1 is 1.19 bits per heavy atom. The minimum absolute atomic E-state index is 0.00161. The molecule has 1 amide bonds. The molecule has 1 heterocycles. The third-order valence-corrected chi connectivity index (χ3v) is 6.79. The van der Waals surface area contributed by atoms with Gasteiger partial charge in [0.2, 0.25) is 0 Å². The summed E-state index contributed by atoms with van der Waals surface area (Å²) in [5, 5.41) is 6.24. The van der Waals surface area contributed by atoms with Gasteiger partial charge in [-0.15, -0.1) is 11.8 Å². The number of amides is 1. The molecule has 2 aromatic carbocycles. The number of anilines is 1. The van der Waals surface area contributed by atoms with Gasteiger partial charge in [0.15, 0.2) is 0 Å². The van der Waals surface area contributed by atoms with E-state index in [1.165, 1.54) is 24.9 Å². The highest BCUT2D eigenvalue weighted by molar-refractivity contribution is 7.98. The van der Waals surface area contributed by atoms with Crippen molar-refractivity contribution in [3.8, 4) is 5.75 Å². The van der Waals surface area contributed by atoms with E-state index in [-0.39, 0.29) is 17.0 Å². The van der Waals surface area contributed by atoms with Gasteiger partial charge in [-0.05, 0) is 37.3 Å². The molecule has 0 unspecified atom stereocenters. The van der Waals surface area contributed by atoms with Crippen molar-refractivity contribution < 1.29 is 35.6 Å². The van der Waals surface area contributed by atoms with Crippen LogP contribution in [0.3, 0.4) is 0 Å². The monoisotopic (exact) mass is 486 g/mol. The molecular formula is C20H17F3N2O5S2. The van der Waals surface area contributed by atoms with E-state index in [2.05, 4.69) is 10.5 Å². The first-order valence-corrected chi connectivity index (χ1v) is 11.4. The summed E-state index contributed by atoms with van der Waals surface area (Å²) in [6.07, 6.45) is 0. The summed E-state index contributed by atoms with van der Waals surface area (Å²) in [6, 6.07) is 10.9. The number of sulfone groups is 1. The highest BCUT2D eigenvalue weighted by atomic mass is 32.2. The van der Waals surface area contributed by atoms with Gasteiger partial charge in [0.25, 0.3) is 15.7 Å². The lowest BCUT2D eigenvalue weighted by Crippen LogP contribution is -2.23. The molecule has 0 saturated carbocycles. The van der Waals surface area contributed by atoms with E-state index in [1.54, 1.807) is 31.2 Å². The van der Waals surface area contributed by atoms with Gasteiger partial charge in [-0.3, -0.25) is 4.79 Å². The summed E-state index contributed by atoms with van der Waals surface area (Å²) in [6.45, 7) is 1.78. The number of hydrogen-bond acceptors (Lipinski definition) is 7. The van der Waals surface area contributed by atoms with Crippen LogP contribution in [0.2, 0.25) is 0 Å². The topological polar surface area (TPSA) is 98.5 Å².